The number of fused-ring (bicyclic) bond motifs is 5. The normalized spacial score (nSPS) is 17.9. The molecule has 5 heterocycles. The first-order chi connectivity index (χ1) is 34.6. The van der Waals surface area contributed by atoms with Crippen LogP contribution < -0.4 is 21.5 Å². The molecule has 1 saturated heterocycles. The molecule has 21 nitrogen and oxygen atoms in total. The maximum absolute atomic E-state index is 14.2. The van der Waals surface area contributed by atoms with Crippen LogP contribution in [0.25, 0.3) is 22.3 Å². The summed E-state index contributed by atoms with van der Waals surface area (Å²) in [6.07, 6.45) is -0.0121. The van der Waals surface area contributed by atoms with E-state index in [1.54, 1.807) is 59.1 Å². The number of rotatable bonds is 22. The highest BCUT2D eigenvalue weighted by Crippen LogP contribution is 2.42. The quantitative estimate of drug-likeness (QED) is 0.0574. The Morgan fingerprint density at radius 1 is 0.877 bits per heavy atom. The molecule has 6 rings (SSSR count). The predicted octanol–water partition coefficient (Wildman–Crippen LogP) is 3.87. The number of nitrogens with one attached hydrogen (secondary N) is 3. The van der Waals surface area contributed by atoms with Crippen LogP contribution in [-0.2, 0) is 87.1 Å². The number of aryl methyl sites for hydroxylation is 1. The minimum Gasteiger partial charge on any atom is -0.460 e. The van der Waals surface area contributed by atoms with Crippen LogP contribution in [0.15, 0.2) is 35.1 Å². The van der Waals surface area contributed by atoms with Gasteiger partial charge in [-0.05, 0) is 91.8 Å². The Morgan fingerprint density at radius 3 is 2.22 bits per heavy atom. The molecule has 0 spiro atoms. The van der Waals surface area contributed by atoms with E-state index in [0.717, 1.165) is 22.0 Å². The molecule has 4 amide bonds. The van der Waals surface area contributed by atoms with Crippen LogP contribution in [0.3, 0.4) is 0 Å². The van der Waals surface area contributed by atoms with Gasteiger partial charge in [0.25, 0.3) is 5.56 Å². The van der Waals surface area contributed by atoms with Gasteiger partial charge in [-0.3, -0.25) is 24.0 Å². The number of carbonyl (C=O) groups is 7. The molecule has 3 aliphatic heterocycles. The maximum Gasteiger partial charge on any atom is 0.407 e. The zero-order valence-corrected chi connectivity index (χ0v) is 43.4. The lowest BCUT2D eigenvalue weighted by Crippen LogP contribution is -2.56. The largest absolute Gasteiger partial charge is 0.460 e. The molecule has 3 aliphatic rings. The van der Waals surface area contributed by atoms with E-state index in [4.69, 9.17) is 38.1 Å². The molecule has 398 valence electrons. The van der Waals surface area contributed by atoms with Crippen molar-refractivity contribution in [3.05, 3.63) is 62.9 Å². The van der Waals surface area contributed by atoms with Crippen molar-refractivity contribution in [1.82, 2.24) is 30.4 Å². The smallest absolute Gasteiger partial charge is 0.407 e. The fourth-order valence-corrected chi connectivity index (χ4v) is 9.07. The van der Waals surface area contributed by atoms with E-state index in [1.165, 1.54) is 11.8 Å². The Bertz CT molecular complexity index is 2620. The summed E-state index contributed by atoms with van der Waals surface area (Å²) < 4.78 is 40.3. The van der Waals surface area contributed by atoms with Crippen molar-refractivity contribution in [2.75, 3.05) is 52.7 Å². The summed E-state index contributed by atoms with van der Waals surface area (Å²) in [5, 5.41) is 8.83. The van der Waals surface area contributed by atoms with E-state index in [0.29, 0.717) is 24.2 Å². The highest BCUT2D eigenvalue weighted by molar-refractivity contribution is 5.96. The molecular weight excluding hydrogens is 949 g/mol. The van der Waals surface area contributed by atoms with Crippen molar-refractivity contribution >= 4 is 52.6 Å². The van der Waals surface area contributed by atoms with Crippen molar-refractivity contribution in [3.8, 4) is 11.4 Å². The van der Waals surface area contributed by atoms with Crippen molar-refractivity contribution in [3.63, 3.8) is 0 Å². The molecule has 3 aromatic rings. The van der Waals surface area contributed by atoms with Crippen molar-refractivity contribution < 1.29 is 66.7 Å². The molecule has 1 aromatic carbocycles. The zero-order valence-electron chi connectivity index (χ0n) is 43.4. The second kappa shape index (κ2) is 24.1. The monoisotopic (exact) mass is 1020 g/mol. The first-order valence-corrected chi connectivity index (χ1v) is 25.0. The molecule has 1 fully saturated rings. The average molecular weight is 1020 g/mol. The van der Waals surface area contributed by atoms with E-state index in [2.05, 4.69) is 16.0 Å². The maximum atomic E-state index is 14.2. The minimum absolute atomic E-state index is 0.0255. The van der Waals surface area contributed by atoms with E-state index in [-0.39, 0.29) is 96.3 Å². The number of hydrogen-bond donors (Lipinski definition) is 3. The van der Waals surface area contributed by atoms with E-state index < -0.39 is 88.6 Å². The highest BCUT2D eigenvalue weighted by atomic mass is 16.6. The van der Waals surface area contributed by atoms with Gasteiger partial charge in [-0.15, -0.1) is 0 Å². The third-order valence-electron chi connectivity index (χ3n) is 12.4. The molecule has 3 N–H and O–H groups in total. The van der Waals surface area contributed by atoms with Crippen LogP contribution in [0, 0.1) is 0 Å². The summed E-state index contributed by atoms with van der Waals surface area (Å²) in [6.45, 7) is 16.8. The molecule has 0 saturated carbocycles. The summed E-state index contributed by atoms with van der Waals surface area (Å²) in [5.74, 6) is -4.61. The molecule has 0 unspecified atom stereocenters. The molecule has 0 radical (unpaired) electrons. The molecule has 21 heteroatoms. The summed E-state index contributed by atoms with van der Waals surface area (Å²) in [7, 11) is 0. The van der Waals surface area contributed by atoms with E-state index in [1.807, 2.05) is 31.2 Å². The average Bonchev–Trinajstić information content (AvgIpc) is 3.96. The van der Waals surface area contributed by atoms with Crippen LogP contribution >= 0.6 is 0 Å². The molecule has 4 atom stereocenters. The van der Waals surface area contributed by atoms with Crippen molar-refractivity contribution in [1.29, 1.82) is 0 Å². The van der Waals surface area contributed by atoms with Crippen LogP contribution in [0.5, 0.6) is 0 Å². The number of esters is 3. The lowest BCUT2D eigenvalue weighted by atomic mass is 9.85. The number of amides is 4. The fraction of sp³-hybridized carbons (Fsp3) is 0.596. The van der Waals surface area contributed by atoms with E-state index >= 15 is 0 Å². The first-order valence-electron chi connectivity index (χ1n) is 25.0. The number of hydrogen-bond acceptors (Lipinski definition) is 16. The van der Waals surface area contributed by atoms with Gasteiger partial charge in [0.1, 0.15) is 35.9 Å². The Hall–Kier alpha value is -6.45. The van der Waals surface area contributed by atoms with Gasteiger partial charge >= 0.3 is 24.0 Å². The third-order valence-corrected chi connectivity index (χ3v) is 12.4. The third kappa shape index (κ3) is 13.8. The van der Waals surface area contributed by atoms with Gasteiger partial charge < -0.3 is 58.6 Å². The van der Waals surface area contributed by atoms with Gasteiger partial charge in [0.2, 0.25) is 23.3 Å². The van der Waals surface area contributed by atoms with Gasteiger partial charge in [0.15, 0.2) is 0 Å². The lowest BCUT2D eigenvalue weighted by molar-refractivity contribution is -0.190. The van der Waals surface area contributed by atoms with Crippen LogP contribution in [0.4, 0.5) is 4.79 Å². The number of cyclic esters (lactones) is 1. The topological polar surface area (TPSA) is 258 Å². The number of alkyl carbamates (subject to hydrolysis) is 1. The Morgan fingerprint density at radius 2 is 1.55 bits per heavy atom. The van der Waals surface area contributed by atoms with E-state index in [9.17, 15) is 38.4 Å². The van der Waals surface area contributed by atoms with Gasteiger partial charge in [-0.25, -0.2) is 19.4 Å². The number of pyridine rings is 2. The van der Waals surface area contributed by atoms with Gasteiger partial charge in [0, 0.05) is 36.0 Å². The number of likely N-dealkylation sites (tertiary alicyclic amines) is 1. The van der Waals surface area contributed by atoms with Gasteiger partial charge in [-0.1, -0.05) is 32.0 Å². The summed E-state index contributed by atoms with van der Waals surface area (Å²) >= 11 is 0. The first kappa shape index (κ1) is 55.9. The Labute approximate surface area is 424 Å². The standard InChI is InChI=1S/C52H70N6O15/c1-10-32-33-15-12-13-16-37(33)56-43-34(32)29-58-40(43)27-36-35(45(58)62)30-70-48(65)52(36,11-2)72-47(64)31(3)54-44(61)39-17-14-20-57(39)46(63)38(28-42(60)71-50(4,5)6)55-41(59)18-21-67-23-25-69-26-24-68-22-19-53-49(66)73-51(7,8)9/h12-13,15-16,27,31,38-39H,10-11,14,17-26,28-30H2,1-9H3,(H,53,66)(H,54,61)(H,55,59)/t31-,38-,39-,52-/m0/s1. The molecule has 73 heavy (non-hydrogen) atoms. The summed E-state index contributed by atoms with van der Waals surface area (Å²) in [5.41, 5.74) is 0.218. The van der Waals surface area contributed by atoms with Crippen LogP contribution in [-0.4, -0.2) is 138 Å². The van der Waals surface area contributed by atoms with Crippen molar-refractivity contribution in [2.45, 2.75) is 149 Å². The molecule has 0 aliphatic carbocycles. The Balaban J connectivity index is 1.05. The molecule has 2 aromatic heterocycles. The SMILES string of the molecule is CCc1c2c(nc3ccccc13)-c1cc3c(c(=O)n1C2)COC(=O)[C@@]3(CC)OC(=O)[C@H](C)NC(=O)[C@@H]1CCCN1C(=O)[C@H](CC(=O)OC(C)(C)C)NC(=O)CCOCCOCCOCCNC(=O)OC(C)(C)C. The number of nitrogens with zero attached hydrogens (tertiary/aromatic N) is 3. The van der Waals surface area contributed by atoms with Crippen LogP contribution in [0.2, 0.25) is 0 Å². The molecular formula is C52H70N6O15. The highest BCUT2D eigenvalue weighted by Gasteiger charge is 2.51. The van der Waals surface area contributed by atoms with Crippen LogP contribution in [0.1, 0.15) is 117 Å². The number of para-hydroxylation sites is 1. The molecule has 0 bridgehead atoms. The number of aromatic nitrogens is 2. The summed E-state index contributed by atoms with van der Waals surface area (Å²) in [4.78, 5) is 114. The second-order valence-corrected chi connectivity index (χ2v) is 20.1. The van der Waals surface area contributed by atoms with Crippen molar-refractivity contribution in [2.24, 2.45) is 0 Å². The minimum atomic E-state index is -2.03. The lowest BCUT2D eigenvalue weighted by Gasteiger charge is -2.36. The van der Waals surface area contributed by atoms with Gasteiger partial charge in [0.05, 0.1) is 75.1 Å². The number of ether oxygens (including phenoxy) is 7. The van der Waals surface area contributed by atoms with Gasteiger partial charge in [-0.2, -0.15) is 0 Å². The second-order valence-electron chi connectivity index (χ2n) is 20.1. The number of benzene rings is 1. The zero-order chi connectivity index (χ0) is 53.3. The number of carbonyl (C=O) groups excluding carboxylic acids is 7. The predicted molar refractivity (Wildman–Crippen MR) is 264 cm³/mol. The Kier molecular flexibility index (Phi) is 18.4. The fourth-order valence-electron chi connectivity index (χ4n) is 9.07. The summed E-state index contributed by atoms with van der Waals surface area (Å²) in [6, 6.07) is 5.57.